The van der Waals surface area contributed by atoms with Crippen molar-refractivity contribution in [2.24, 2.45) is 0 Å². The SMILES string of the molecule is CC(C)OCCOCc1cc(F)cc(C=CC(=O)O)c1. The Balaban J connectivity index is 2.51. The van der Waals surface area contributed by atoms with E-state index in [9.17, 15) is 9.18 Å². The average Bonchev–Trinajstić information content (AvgIpc) is 2.35. The van der Waals surface area contributed by atoms with Gasteiger partial charge in [0.1, 0.15) is 5.82 Å². The zero-order valence-corrected chi connectivity index (χ0v) is 11.6. The molecule has 0 bridgehead atoms. The van der Waals surface area contributed by atoms with E-state index < -0.39 is 11.8 Å². The van der Waals surface area contributed by atoms with E-state index in [0.717, 1.165) is 6.08 Å². The normalized spacial score (nSPS) is 11.4. The number of aliphatic carboxylic acids is 1. The van der Waals surface area contributed by atoms with E-state index in [2.05, 4.69) is 0 Å². The van der Waals surface area contributed by atoms with Crippen molar-refractivity contribution in [2.45, 2.75) is 26.6 Å². The third-order valence-electron chi connectivity index (χ3n) is 2.35. The Morgan fingerprint density at radius 2 is 2.10 bits per heavy atom. The Kier molecular flexibility index (Phi) is 6.90. The van der Waals surface area contributed by atoms with Crippen molar-refractivity contribution in [2.75, 3.05) is 13.2 Å². The lowest BCUT2D eigenvalue weighted by Crippen LogP contribution is -2.09. The van der Waals surface area contributed by atoms with Crippen molar-refractivity contribution in [3.63, 3.8) is 0 Å². The summed E-state index contributed by atoms with van der Waals surface area (Å²) in [4.78, 5) is 10.4. The van der Waals surface area contributed by atoms with Crippen LogP contribution in [0, 0.1) is 5.82 Å². The number of hydrogen-bond acceptors (Lipinski definition) is 3. The van der Waals surface area contributed by atoms with Crippen LogP contribution in [0.2, 0.25) is 0 Å². The smallest absolute Gasteiger partial charge is 0.328 e. The van der Waals surface area contributed by atoms with Gasteiger partial charge < -0.3 is 14.6 Å². The summed E-state index contributed by atoms with van der Waals surface area (Å²) in [6.07, 6.45) is 2.47. The van der Waals surface area contributed by atoms with Gasteiger partial charge in [0.15, 0.2) is 0 Å². The predicted molar refractivity (Wildman–Crippen MR) is 73.8 cm³/mol. The maximum absolute atomic E-state index is 13.4. The largest absolute Gasteiger partial charge is 0.478 e. The number of benzene rings is 1. The van der Waals surface area contributed by atoms with Crippen LogP contribution in [0.4, 0.5) is 4.39 Å². The highest BCUT2D eigenvalue weighted by Crippen LogP contribution is 2.12. The molecule has 110 valence electrons. The van der Waals surface area contributed by atoms with Crippen LogP contribution < -0.4 is 0 Å². The molecule has 4 nitrogen and oxygen atoms in total. The Hall–Kier alpha value is -1.72. The van der Waals surface area contributed by atoms with Crippen molar-refractivity contribution in [3.05, 3.63) is 41.2 Å². The standard InChI is InChI=1S/C15H19FO4/c1-11(2)20-6-5-19-10-13-7-12(3-4-15(17)18)8-14(16)9-13/h3-4,7-9,11H,5-6,10H2,1-2H3,(H,17,18). The third kappa shape index (κ3) is 7.01. The minimum Gasteiger partial charge on any atom is -0.478 e. The molecule has 1 aromatic rings. The molecule has 0 aromatic heterocycles. The second-order valence-corrected chi connectivity index (χ2v) is 4.54. The number of ether oxygens (including phenoxy) is 2. The van der Waals surface area contributed by atoms with Crippen LogP contribution in [0.25, 0.3) is 6.08 Å². The van der Waals surface area contributed by atoms with E-state index in [-0.39, 0.29) is 12.7 Å². The number of hydrogen-bond donors (Lipinski definition) is 1. The van der Waals surface area contributed by atoms with Gasteiger partial charge in [0.05, 0.1) is 25.9 Å². The zero-order valence-electron chi connectivity index (χ0n) is 11.6. The molecular formula is C15H19FO4. The first-order valence-corrected chi connectivity index (χ1v) is 6.37. The maximum atomic E-state index is 13.4. The predicted octanol–water partition coefficient (Wildman–Crippen LogP) is 2.87. The Bertz CT molecular complexity index is 469. The zero-order chi connectivity index (χ0) is 15.0. The molecule has 0 spiro atoms. The molecule has 0 heterocycles. The summed E-state index contributed by atoms with van der Waals surface area (Å²) in [5.41, 5.74) is 1.14. The monoisotopic (exact) mass is 282 g/mol. The van der Waals surface area contributed by atoms with Crippen LogP contribution >= 0.6 is 0 Å². The molecule has 0 unspecified atom stereocenters. The van der Waals surface area contributed by atoms with Crippen LogP contribution in [0.5, 0.6) is 0 Å². The fraction of sp³-hybridized carbons (Fsp3) is 0.400. The van der Waals surface area contributed by atoms with Gasteiger partial charge in [0, 0.05) is 6.08 Å². The Morgan fingerprint density at radius 3 is 2.75 bits per heavy atom. The molecule has 1 N–H and O–H groups in total. The molecule has 0 fully saturated rings. The van der Waals surface area contributed by atoms with Crippen molar-refractivity contribution >= 4 is 12.0 Å². The molecule has 0 aliphatic rings. The van der Waals surface area contributed by atoms with Crippen molar-refractivity contribution < 1.29 is 23.8 Å². The average molecular weight is 282 g/mol. The van der Waals surface area contributed by atoms with E-state index in [1.165, 1.54) is 18.2 Å². The van der Waals surface area contributed by atoms with Crippen LogP contribution in [0.1, 0.15) is 25.0 Å². The number of carboxylic acids is 1. The lowest BCUT2D eigenvalue weighted by Gasteiger charge is -2.08. The summed E-state index contributed by atoms with van der Waals surface area (Å²) >= 11 is 0. The van der Waals surface area contributed by atoms with Crippen LogP contribution in [-0.2, 0) is 20.9 Å². The lowest BCUT2D eigenvalue weighted by molar-refractivity contribution is -0.131. The van der Waals surface area contributed by atoms with E-state index in [4.69, 9.17) is 14.6 Å². The first-order valence-electron chi connectivity index (χ1n) is 6.37. The highest BCUT2D eigenvalue weighted by molar-refractivity contribution is 5.85. The molecule has 20 heavy (non-hydrogen) atoms. The molecule has 5 heteroatoms. The van der Waals surface area contributed by atoms with E-state index in [1.54, 1.807) is 6.07 Å². The van der Waals surface area contributed by atoms with E-state index in [1.807, 2.05) is 13.8 Å². The first kappa shape index (κ1) is 16.3. The third-order valence-corrected chi connectivity index (χ3v) is 2.35. The molecule has 0 atom stereocenters. The number of halogens is 1. The summed E-state index contributed by atoms with van der Waals surface area (Å²) in [6, 6.07) is 4.32. The molecule has 1 aromatic carbocycles. The number of carboxylic acid groups (broad SMARTS) is 1. The fourth-order valence-corrected chi connectivity index (χ4v) is 1.56. The van der Waals surface area contributed by atoms with Gasteiger partial charge in [-0.15, -0.1) is 0 Å². The highest BCUT2D eigenvalue weighted by Gasteiger charge is 2.01. The van der Waals surface area contributed by atoms with Crippen LogP contribution in [-0.4, -0.2) is 30.4 Å². The summed E-state index contributed by atoms with van der Waals surface area (Å²) in [5.74, 6) is -1.49. The Morgan fingerprint density at radius 1 is 1.35 bits per heavy atom. The van der Waals surface area contributed by atoms with Crippen LogP contribution in [0.15, 0.2) is 24.3 Å². The molecule has 0 aliphatic carbocycles. The summed E-state index contributed by atoms with van der Waals surface area (Å²) in [6.45, 7) is 5.04. The van der Waals surface area contributed by atoms with Gasteiger partial charge in [0.2, 0.25) is 0 Å². The lowest BCUT2D eigenvalue weighted by atomic mass is 10.1. The first-order chi connectivity index (χ1) is 9.47. The van der Waals surface area contributed by atoms with E-state index >= 15 is 0 Å². The topological polar surface area (TPSA) is 55.8 Å². The summed E-state index contributed by atoms with van der Waals surface area (Å²) < 4.78 is 24.1. The van der Waals surface area contributed by atoms with Gasteiger partial charge in [-0.2, -0.15) is 0 Å². The fourth-order valence-electron chi connectivity index (χ4n) is 1.56. The van der Waals surface area contributed by atoms with Gasteiger partial charge in [-0.1, -0.05) is 0 Å². The number of carbonyl (C=O) groups is 1. The molecule has 1 rings (SSSR count). The Labute approximate surface area is 117 Å². The van der Waals surface area contributed by atoms with E-state index in [0.29, 0.717) is 24.3 Å². The summed E-state index contributed by atoms with van der Waals surface area (Å²) in [5, 5.41) is 8.54. The molecule has 0 aliphatic heterocycles. The van der Waals surface area contributed by atoms with Gasteiger partial charge >= 0.3 is 5.97 Å². The molecule has 0 radical (unpaired) electrons. The second-order valence-electron chi connectivity index (χ2n) is 4.54. The van der Waals surface area contributed by atoms with Gasteiger partial charge in [-0.3, -0.25) is 0 Å². The summed E-state index contributed by atoms with van der Waals surface area (Å²) in [7, 11) is 0. The minimum absolute atomic E-state index is 0.153. The number of rotatable bonds is 8. The van der Waals surface area contributed by atoms with Crippen molar-refractivity contribution in [1.82, 2.24) is 0 Å². The van der Waals surface area contributed by atoms with Gasteiger partial charge in [-0.05, 0) is 49.2 Å². The highest BCUT2D eigenvalue weighted by atomic mass is 19.1. The molecule has 0 amide bonds. The second kappa shape index (κ2) is 8.45. The molecule has 0 saturated heterocycles. The van der Waals surface area contributed by atoms with Gasteiger partial charge in [0.25, 0.3) is 0 Å². The maximum Gasteiger partial charge on any atom is 0.328 e. The minimum atomic E-state index is -1.07. The van der Waals surface area contributed by atoms with Crippen molar-refractivity contribution in [1.29, 1.82) is 0 Å². The van der Waals surface area contributed by atoms with Crippen molar-refractivity contribution in [3.8, 4) is 0 Å². The molecular weight excluding hydrogens is 263 g/mol. The van der Waals surface area contributed by atoms with Gasteiger partial charge in [-0.25, -0.2) is 9.18 Å². The molecule has 0 saturated carbocycles. The quantitative estimate of drug-likeness (QED) is 0.588. The van der Waals surface area contributed by atoms with Crippen LogP contribution in [0.3, 0.4) is 0 Å².